The molecule has 2 amide bonds. The van der Waals surface area contributed by atoms with Gasteiger partial charge in [-0.1, -0.05) is 30.3 Å². The van der Waals surface area contributed by atoms with Crippen molar-refractivity contribution < 1.29 is 27.5 Å². The fourth-order valence-electron chi connectivity index (χ4n) is 4.11. The molecule has 0 saturated heterocycles. The Morgan fingerprint density at radius 2 is 1.49 bits per heavy atom. The van der Waals surface area contributed by atoms with Gasteiger partial charge in [-0.3, -0.25) is 13.9 Å². The van der Waals surface area contributed by atoms with E-state index in [9.17, 15) is 18.0 Å². The molecule has 0 radical (unpaired) electrons. The molecule has 0 bridgehead atoms. The summed E-state index contributed by atoms with van der Waals surface area (Å²) in [6.45, 7) is 9.07. The minimum absolute atomic E-state index is 0.0119. The second kappa shape index (κ2) is 13.5. The van der Waals surface area contributed by atoms with Crippen molar-refractivity contribution in [2.45, 2.75) is 57.6 Å². The number of anilines is 1. The Balaban J connectivity index is 2.00. The second-order valence-corrected chi connectivity index (χ2v) is 12.4. The molecule has 10 heteroatoms. The van der Waals surface area contributed by atoms with Crippen LogP contribution in [-0.2, 0) is 26.2 Å². The lowest BCUT2D eigenvalue weighted by atomic mass is 10.1. The number of para-hydroxylation sites is 1. The highest BCUT2D eigenvalue weighted by Crippen LogP contribution is 2.26. The Bertz CT molecular complexity index is 1400. The number of hydrogen-bond acceptors (Lipinski definition) is 6. The van der Waals surface area contributed by atoms with Gasteiger partial charge in [0.25, 0.3) is 10.0 Å². The quantitative estimate of drug-likeness (QED) is 0.335. The minimum atomic E-state index is -4.16. The molecule has 0 aliphatic heterocycles. The second-order valence-electron chi connectivity index (χ2n) is 10.5. The Morgan fingerprint density at radius 1 is 0.902 bits per heavy atom. The monoisotopic (exact) mass is 581 g/mol. The maximum absolute atomic E-state index is 14.0. The van der Waals surface area contributed by atoms with Gasteiger partial charge in [0.2, 0.25) is 11.8 Å². The molecule has 1 N–H and O–H groups in total. The van der Waals surface area contributed by atoms with Crippen molar-refractivity contribution in [1.29, 1.82) is 0 Å². The van der Waals surface area contributed by atoms with Gasteiger partial charge in [-0.15, -0.1) is 0 Å². The van der Waals surface area contributed by atoms with Crippen molar-refractivity contribution in [2.24, 2.45) is 0 Å². The molecule has 0 unspecified atom stereocenters. The van der Waals surface area contributed by atoms with Crippen LogP contribution in [0.25, 0.3) is 0 Å². The van der Waals surface area contributed by atoms with Crippen LogP contribution in [0.4, 0.5) is 5.69 Å². The molecule has 3 rings (SSSR count). The van der Waals surface area contributed by atoms with Crippen molar-refractivity contribution in [3.63, 3.8) is 0 Å². The lowest BCUT2D eigenvalue weighted by Gasteiger charge is -2.33. The normalized spacial score (nSPS) is 12.2. The molecular formula is C31H39N3O6S. The molecule has 9 nitrogen and oxygen atoms in total. The molecule has 0 aromatic heterocycles. The molecule has 0 heterocycles. The number of hydrogen-bond donors (Lipinski definition) is 1. The summed E-state index contributed by atoms with van der Waals surface area (Å²) in [6.07, 6.45) is 0. The van der Waals surface area contributed by atoms with E-state index >= 15 is 0 Å². The van der Waals surface area contributed by atoms with Crippen molar-refractivity contribution in [2.75, 3.05) is 24.6 Å². The first-order valence-corrected chi connectivity index (χ1v) is 14.8. The molecule has 1 atom stereocenters. The number of rotatable bonds is 12. The Morgan fingerprint density at radius 3 is 2.02 bits per heavy atom. The van der Waals surface area contributed by atoms with Crippen LogP contribution in [0.5, 0.6) is 11.5 Å². The fraction of sp³-hybridized carbons (Fsp3) is 0.355. The van der Waals surface area contributed by atoms with Gasteiger partial charge in [-0.25, -0.2) is 8.42 Å². The van der Waals surface area contributed by atoms with E-state index in [4.69, 9.17) is 9.47 Å². The van der Waals surface area contributed by atoms with Crippen molar-refractivity contribution in [1.82, 2.24) is 10.2 Å². The number of methoxy groups -OCH3 is 1. The standard InChI is InChI=1S/C31H39N3O6S/c1-7-40-27-17-19-28(20-18-27)41(37,38)34(25-11-9-8-10-12-25)22-29(35)33(23(2)30(36)32-31(3,4)5)21-24-13-15-26(39-6)16-14-24/h8-20,23H,7,21-22H2,1-6H3,(H,32,36)/t23-/m0/s1. The molecule has 0 aliphatic carbocycles. The van der Waals surface area contributed by atoms with E-state index in [1.807, 2.05) is 27.7 Å². The van der Waals surface area contributed by atoms with Crippen LogP contribution in [0.2, 0.25) is 0 Å². The van der Waals surface area contributed by atoms with Crippen LogP contribution in [0, 0.1) is 0 Å². The minimum Gasteiger partial charge on any atom is -0.497 e. The van der Waals surface area contributed by atoms with Gasteiger partial charge < -0.3 is 19.7 Å². The zero-order valence-corrected chi connectivity index (χ0v) is 25.3. The van der Waals surface area contributed by atoms with Crippen LogP contribution in [-0.4, -0.2) is 57.0 Å². The van der Waals surface area contributed by atoms with Crippen molar-refractivity contribution in [3.8, 4) is 11.5 Å². The molecule has 0 fully saturated rings. The number of sulfonamides is 1. The van der Waals surface area contributed by atoms with Gasteiger partial charge in [-0.05, 0) is 88.7 Å². The lowest BCUT2D eigenvalue weighted by molar-refractivity contribution is -0.140. The first-order chi connectivity index (χ1) is 19.4. The third-order valence-electron chi connectivity index (χ3n) is 6.22. The highest BCUT2D eigenvalue weighted by molar-refractivity contribution is 7.92. The molecule has 0 saturated carbocycles. The fourth-order valence-corrected chi connectivity index (χ4v) is 5.52. The lowest BCUT2D eigenvalue weighted by Crippen LogP contribution is -2.54. The van der Waals surface area contributed by atoms with Gasteiger partial charge in [0.05, 0.1) is 24.3 Å². The topological polar surface area (TPSA) is 105 Å². The number of amides is 2. The van der Waals surface area contributed by atoms with Gasteiger partial charge in [0.1, 0.15) is 24.1 Å². The smallest absolute Gasteiger partial charge is 0.264 e. The van der Waals surface area contributed by atoms with Crippen LogP contribution in [0.15, 0.2) is 83.8 Å². The third kappa shape index (κ3) is 8.47. The molecule has 3 aromatic rings. The molecule has 0 aliphatic rings. The van der Waals surface area contributed by atoms with E-state index in [1.54, 1.807) is 80.8 Å². The summed E-state index contributed by atoms with van der Waals surface area (Å²) in [5.74, 6) is 0.315. The largest absolute Gasteiger partial charge is 0.497 e. The van der Waals surface area contributed by atoms with E-state index in [2.05, 4.69) is 5.32 Å². The van der Waals surface area contributed by atoms with E-state index in [1.165, 1.54) is 17.0 Å². The van der Waals surface area contributed by atoms with Crippen LogP contribution >= 0.6 is 0 Å². The summed E-state index contributed by atoms with van der Waals surface area (Å²) >= 11 is 0. The molecule has 3 aromatic carbocycles. The summed E-state index contributed by atoms with van der Waals surface area (Å²) in [5, 5.41) is 2.92. The van der Waals surface area contributed by atoms with Crippen molar-refractivity contribution >= 4 is 27.5 Å². The number of ether oxygens (including phenoxy) is 2. The summed E-state index contributed by atoms with van der Waals surface area (Å²) in [7, 11) is -2.60. The average molecular weight is 582 g/mol. The van der Waals surface area contributed by atoms with Crippen molar-refractivity contribution in [3.05, 3.63) is 84.4 Å². The van der Waals surface area contributed by atoms with E-state index in [-0.39, 0.29) is 17.3 Å². The molecular weight excluding hydrogens is 542 g/mol. The first kappa shape index (κ1) is 31.5. The highest BCUT2D eigenvalue weighted by Gasteiger charge is 2.33. The maximum Gasteiger partial charge on any atom is 0.264 e. The number of benzene rings is 3. The molecule has 0 spiro atoms. The Hall–Kier alpha value is -4.05. The van der Waals surface area contributed by atoms with Gasteiger partial charge in [0, 0.05) is 12.1 Å². The summed E-state index contributed by atoms with van der Waals surface area (Å²) < 4.78 is 39.6. The number of nitrogens with zero attached hydrogens (tertiary/aromatic N) is 2. The number of nitrogens with one attached hydrogen (secondary N) is 1. The SMILES string of the molecule is CCOc1ccc(S(=O)(=O)N(CC(=O)N(Cc2ccc(OC)cc2)[C@@H](C)C(=O)NC(C)(C)C)c2ccccc2)cc1. The van der Waals surface area contributed by atoms with Crippen LogP contribution < -0.4 is 19.1 Å². The van der Waals surface area contributed by atoms with Crippen LogP contribution in [0.3, 0.4) is 0 Å². The third-order valence-corrected chi connectivity index (χ3v) is 8.01. The van der Waals surface area contributed by atoms with E-state index < -0.39 is 34.1 Å². The predicted octanol–water partition coefficient (Wildman–Crippen LogP) is 4.62. The highest BCUT2D eigenvalue weighted by atomic mass is 32.2. The zero-order valence-electron chi connectivity index (χ0n) is 24.5. The summed E-state index contributed by atoms with van der Waals surface area (Å²) in [4.78, 5) is 28.6. The molecule has 41 heavy (non-hydrogen) atoms. The maximum atomic E-state index is 14.0. The van der Waals surface area contributed by atoms with Gasteiger partial charge >= 0.3 is 0 Å². The Kier molecular flexibility index (Phi) is 10.4. The number of carbonyl (C=O) groups is 2. The first-order valence-electron chi connectivity index (χ1n) is 13.4. The summed E-state index contributed by atoms with van der Waals surface area (Å²) in [5.41, 5.74) is 0.564. The number of carbonyl (C=O) groups excluding carboxylic acids is 2. The van der Waals surface area contributed by atoms with Gasteiger partial charge in [-0.2, -0.15) is 0 Å². The van der Waals surface area contributed by atoms with E-state index in [0.29, 0.717) is 23.8 Å². The van der Waals surface area contributed by atoms with Gasteiger partial charge in [0.15, 0.2) is 0 Å². The predicted molar refractivity (Wildman–Crippen MR) is 159 cm³/mol. The molecule has 220 valence electrons. The van der Waals surface area contributed by atoms with E-state index in [0.717, 1.165) is 9.87 Å². The summed E-state index contributed by atoms with van der Waals surface area (Å²) in [6, 6.07) is 20.8. The Labute approximate surface area is 243 Å². The zero-order chi connectivity index (χ0) is 30.2. The average Bonchev–Trinajstić information content (AvgIpc) is 2.94. The van der Waals surface area contributed by atoms with Crippen LogP contribution in [0.1, 0.15) is 40.2 Å².